The number of H-pyrrole nitrogens is 1. The van der Waals surface area contributed by atoms with Gasteiger partial charge in [0.1, 0.15) is 36.5 Å². The maximum atomic E-state index is 14.1. The number of aliphatic hydroxyl groups is 1. The zero-order valence-corrected chi connectivity index (χ0v) is 22.7. The summed E-state index contributed by atoms with van der Waals surface area (Å²) in [5, 5.41) is 13.4. The van der Waals surface area contributed by atoms with Gasteiger partial charge in [-0.1, -0.05) is 12.0 Å². The zero-order chi connectivity index (χ0) is 29.0. The largest absolute Gasteiger partial charge is 0.544 e. The molecule has 1 aliphatic heterocycles. The van der Waals surface area contributed by atoms with E-state index in [0.717, 1.165) is 10.6 Å². The fourth-order valence-electron chi connectivity index (χ4n) is 4.13. The molecule has 1 saturated heterocycles. The summed E-state index contributed by atoms with van der Waals surface area (Å²) in [4.78, 5) is 53.2. The Labute approximate surface area is 228 Å². The first-order valence-corrected chi connectivity index (χ1v) is 13.8. The Morgan fingerprint density at radius 2 is 2.00 bits per heavy atom. The standard InChI is InChI=1S/C25H28FN4O9P/c1-14-22(32)19(38-23(14)30-12-10-20(31)28-25(30)34)13-37-40(35,29-15(2)24(33)36-3)39-17-8-6-16(7-9-17)21-18(26)5-4-11-27-21/h4-12,14-15,19,22-23,29,32,35H,13H2,1-3H3/p+1/t14-,15-,19+,22-,23+,40?/m0/s1. The minimum atomic E-state index is -4.07. The van der Waals surface area contributed by atoms with Crippen LogP contribution in [0.2, 0.25) is 0 Å². The van der Waals surface area contributed by atoms with Gasteiger partial charge in [0.25, 0.3) is 5.56 Å². The van der Waals surface area contributed by atoms with Crippen molar-refractivity contribution in [1.29, 1.82) is 0 Å². The predicted octanol–water partition coefficient (Wildman–Crippen LogP) is 1.55. The van der Waals surface area contributed by atoms with Crippen LogP contribution in [-0.2, 0) is 18.8 Å². The quantitative estimate of drug-likeness (QED) is 0.203. The highest BCUT2D eigenvalue weighted by Crippen LogP contribution is 2.54. The van der Waals surface area contributed by atoms with Crippen molar-refractivity contribution in [3.63, 3.8) is 0 Å². The number of benzene rings is 1. The third-order valence-electron chi connectivity index (χ3n) is 6.25. The normalized spacial score (nSPS) is 22.9. The van der Waals surface area contributed by atoms with E-state index in [4.69, 9.17) is 18.5 Å². The summed E-state index contributed by atoms with van der Waals surface area (Å²) in [5.74, 6) is -1.68. The van der Waals surface area contributed by atoms with E-state index in [9.17, 15) is 28.8 Å². The van der Waals surface area contributed by atoms with Crippen molar-refractivity contribution >= 4 is 14.1 Å². The summed E-state index contributed by atoms with van der Waals surface area (Å²) in [6, 6.07) is 8.84. The van der Waals surface area contributed by atoms with Gasteiger partial charge >= 0.3 is 19.8 Å². The van der Waals surface area contributed by atoms with Crippen molar-refractivity contribution in [2.24, 2.45) is 5.92 Å². The van der Waals surface area contributed by atoms with E-state index in [1.54, 1.807) is 6.92 Å². The van der Waals surface area contributed by atoms with Crippen molar-refractivity contribution in [3.05, 3.63) is 81.5 Å². The summed E-state index contributed by atoms with van der Waals surface area (Å²) < 4.78 is 37.2. The molecule has 0 spiro atoms. The number of halogens is 1. The molecule has 6 atom stereocenters. The van der Waals surface area contributed by atoms with Crippen molar-refractivity contribution in [1.82, 2.24) is 19.6 Å². The maximum absolute atomic E-state index is 14.1. The van der Waals surface area contributed by atoms with E-state index in [1.807, 2.05) is 0 Å². The Bertz CT molecular complexity index is 1450. The first-order chi connectivity index (χ1) is 19.0. The second-order valence-electron chi connectivity index (χ2n) is 9.07. The third-order valence-corrected chi connectivity index (χ3v) is 7.92. The number of methoxy groups -OCH3 is 1. The van der Waals surface area contributed by atoms with Crippen LogP contribution in [0.15, 0.2) is 64.4 Å². The molecule has 0 radical (unpaired) electrons. The van der Waals surface area contributed by atoms with Crippen molar-refractivity contribution in [2.75, 3.05) is 13.7 Å². The summed E-state index contributed by atoms with van der Waals surface area (Å²) in [6.07, 6.45) is -0.356. The molecule has 40 heavy (non-hydrogen) atoms. The number of hydrogen-bond donors (Lipinski definition) is 4. The second kappa shape index (κ2) is 12.3. The van der Waals surface area contributed by atoms with Crippen LogP contribution in [0.3, 0.4) is 0 Å². The van der Waals surface area contributed by atoms with Gasteiger partial charge in [-0.05, 0) is 43.3 Å². The molecule has 13 nitrogen and oxygen atoms in total. The van der Waals surface area contributed by atoms with Crippen LogP contribution in [0, 0.1) is 11.7 Å². The molecule has 1 unspecified atom stereocenters. The second-order valence-corrected chi connectivity index (χ2v) is 10.8. The van der Waals surface area contributed by atoms with E-state index in [0.29, 0.717) is 5.56 Å². The van der Waals surface area contributed by atoms with Crippen LogP contribution in [-0.4, -0.2) is 62.5 Å². The minimum Gasteiger partial charge on any atom is -0.468 e. The molecule has 2 aromatic heterocycles. The van der Waals surface area contributed by atoms with Crippen LogP contribution < -0.4 is 20.9 Å². The number of aromatic nitrogens is 3. The third kappa shape index (κ3) is 6.61. The van der Waals surface area contributed by atoms with Gasteiger partial charge in [-0.3, -0.25) is 28.6 Å². The lowest BCUT2D eigenvalue weighted by Gasteiger charge is -2.22. The molecule has 4 rings (SSSR count). The molecule has 0 amide bonds. The fourth-order valence-corrected chi connectivity index (χ4v) is 5.66. The number of pyridine rings is 1. The number of esters is 1. The molecule has 3 heterocycles. The minimum absolute atomic E-state index is 0.124. The molecular weight excluding hydrogens is 550 g/mol. The maximum Gasteiger partial charge on any atom is 0.544 e. The molecule has 3 aromatic rings. The first-order valence-electron chi connectivity index (χ1n) is 12.2. The van der Waals surface area contributed by atoms with E-state index in [-0.39, 0.29) is 11.4 Å². The van der Waals surface area contributed by atoms with Crippen molar-refractivity contribution < 1.29 is 37.7 Å². The number of ether oxygens (including phenoxy) is 2. The highest BCUT2D eigenvalue weighted by Gasteiger charge is 2.50. The Balaban J connectivity index is 1.51. The van der Waals surface area contributed by atoms with Crippen LogP contribution in [0.5, 0.6) is 5.75 Å². The predicted molar refractivity (Wildman–Crippen MR) is 140 cm³/mol. The number of nitrogens with one attached hydrogen (secondary N) is 2. The average molecular weight is 579 g/mol. The monoisotopic (exact) mass is 579 g/mol. The molecule has 214 valence electrons. The first kappa shape index (κ1) is 29.5. The Hall–Kier alpha value is -3.52. The number of rotatable bonds is 10. The van der Waals surface area contributed by atoms with Gasteiger partial charge in [-0.25, -0.2) is 9.18 Å². The number of aromatic amines is 1. The van der Waals surface area contributed by atoms with Gasteiger partial charge in [0.2, 0.25) is 0 Å². The molecule has 0 saturated carbocycles. The smallest absolute Gasteiger partial charge is 0.468 e. The highest BCUT2D eigenvalue weighted by atomic mass is 31.2. The molecular formula is C25H29FN4O9P+. The van der Waals surface area contributed by atoms with Crippen LogP contribution >= 0.6 is 8.09 Å². The Kier molecular flexibility index (Phi) is 9.08. The van der Waals surface area contributed by atoms with E-state index in [2.05, 4.69) is 15.1 Å². The lowest BCUT2D eigenvalue weighted by molar-refractivity contribution is -0.142. The molecule has 1 aliphatic rings. The summed E-state index contributed by atoms with van der Waals surface area (Å²) in [7, 11) is -2.89. The molecule has 15 heteroatoms. The van der Waals surface area contributed by atoms with Gasteiger partial charge in [0.05, 0.1) is 13.2 Å². The number of hydrogen-bond acceptors (Lipinski definition) is 11. The van der Waals surface area contributed by atoms with E-state index in [1.165, 1.54) is 62.8 Å². The van der Waals surface area contributed by atoms with Crippen molar-refractivity contribution in [3.8, 4) is 17.0 Å². The topological polar surface area (TPSA) is 174 Å². The van der Waals surface area contributed by atoms with Gasteiger partial charge in [-0.15, -0.1) is 0 Å². The summed E-state index contributed by atoms with van der Waals surface area (Å²) in [5.41, 5.74) is -0.703. The summed E-state index contributed by atoms with van der Waals surface area (Å²) >= 11 is 0. The van der Waals surface area contributed by atoms with Gasteiger partial charge < -0.3 is 14.6 Å². The van der Waals surface area contributed by atoms with Crippen LogP contribution in [0.25, 0.3) is 11.3 Å². The van der Waals surface area contributed by atoms with Crippen LogP contribution in [0.4, 0.5) is 4.39 Å². The number of aliphatic hydroxyl groups excluding tert-OH is 1. The van der Waals surface area contributed by atoms with Crippen LogP contribution in [0.1, 0.15) is 20.1 Å². The zero-order valence-electron chi connectivity index (χ0n) is 21.8. The van der Waals surface area contributed by atoms with Gasteiger partial charge in [-0.2, -0.15) is 9.42 Å². The Morgan fingerprint density at radius 1 is 1.27 bits per heavy atom. The number of carbonyl (C=O) groups excluding carboxylic acids is 1. The molecule has 4 N–H and O–H groups in total. The molecule has 0 bridgehead atoms. The lowest BCUT2D eigenvalue weighted by Crippen LogP contribution is -2.38. The highest BCUT2D eigenvalue weighted by molar-refractivity contribution is 7.58. The summed E-state index contributed by atoms with van der Waals surface area (Å²) in [6.45, 7) is 2.68. The lowest BCUT2D eigenvalue weighted by atomic mass is 10.0. The molecule has 1 aromatic carbocycles. The number of nitrogens with zero attached hydrogens (tertiary/aromatic N) is 2. The molecule has 1 fully saturated rings. The number of carbonyl (C=O) groups is 1. The van der Waals surface area contributed by atoms with Gasteiger partial charge in [0, 0.05) is 29.9 Å². The average Bonchev–Trinajstić information content (AvgIpc) is 3.21. The Morgan fingerprint density at radius 3 is 2.65 bits per heavy atom. The fraction of sp³-hybridized carbons (Fsp3) is 0.360. The van der Waals surface area contributed by atoms with Gasteiger partial charge in [0.15, 0.2) is 5.75 Å². The SMILES string of the molecule is COC(=O)[C@H](C)N[P+](O)(OC[C@H]1O[C@@H](n2ccc(=O)[nH]c2=O)[C@@H](C)[C@@H]1O)Oc1ccc(-c2ncccc2F)cc1. The van der Waals surface area contributed by atoms with E-state index < -0.39 is 68.1 Å². The van der Waals surface area contributed by atoms with E-state index >= 15 is 0 Å². The molecule has 0 aliphatic carbocycles. The van der Waals surface area contributed by atoms with Crippen molar-refractivity contribution in [2.45, 2.75) is 38.3 Å².